The van der Waals surface area contributed by atoms with Crippen molar-refractivity contribution in [2.75, 3.05) is 0 Å². The van der Waals surface area contributed by atoms with E-state index in [-0.39, 0.29) is 5.92 Å². The number of hydrogen-bond donors (Lipinski definition) is 1. The second-order valence-electron chi connectivity index (χ2n) is 8.34. The van der Waals surface area contributed by atoms with E-state index < -0.39 is 5.97 Å². The SMILES string of the molecule is CCCCC(CCC)CC(C(=O)O)C(C)CCCCCCC(C)C. The van der Waals surface area contributed by atoms with Gasteiger partial charge in [0.1, 0.15) is 0 Å². The average Bonchev–Trinajstić information content (AvgIpc) is 2.52. The van der Waals surface area contributed by atoms with Crippen molar-refractivity contribution in [3.8, 4) is 0 Å². The molecule has 0 heterocycles. The number of carboxylic acids is 1. The van der Waals surface area contributed by atoms with E-state index in [0.29, 0.717) is 11.8 Å². The van der Waals surface area contributed by atoms with Gasteiger partial charge >= 0.3 is 5.97 Å². The Labute approximate surface area is 151 Å². The zero-order valence-corrected chi connectivity index (χ0v) is 17.2. The van der Waals surface area contributed by atoms with Crippen molar-refractivity contribution in [2.24, 2.45) is 23.7 Å². The van der Waals surface area contributed by atoms with Crippen LogP contribution in [0.5, 0.6) is 0 Å². The van der Waals surface area contributed by atoms with Gasteiger partial charge in [-0.1, -0.05) is 98.8 Å². The number of carbonyl (C=O) groups is 1. The highest BCUT2D eigenvalue weighted by atomic mass is 16.4. The second kappa shape index (κ2) is 14.8. The smallest absolute Gasteiger partial charge is 0.306 e. The number of aliphatic carboxylic acids is 1. The fourth-order valence-electron chi connectivity index (χ4n) is 3.79. The van der Waals surface area contributed by atoms with E-state index in [9.17, 15) is 9.90 Å². The summed E-state index contributed by atoms with van der Waals surface area (Å²) in [5.74, 6) is 1.01. The maximum atomic E-state index is 11.8. The van der Waals surface area contributed by atoms with E-state index in [2.05, 4.69) is 34.6 Å². The maximum absolute atomic E-state index is 11.8. The van der Waals surface area contributed by atoms with E-state index in [1.807, 2.05) is 0 Å². The molecule has 0 saturated carbocycles. The van der Waals surface area contributed by atoms with Gasteiger partial charge in [0.2, 0.25) is 0 Å². The van der Waals surface area contributed by atoms with Crippen molar-refractivity contribution >= 4 is 5.97 Å². The van der Waals surface area contributed by atoms with Crippen molar-refractivity contribution in [3.63, 3.8) is 0 Å². The molecule has 0 aliphatic heterocycles. The molecule has 0 radical (unpaired) electrons. The summed E-state index contributed by atoms with van der Waals surface area (Å²) in [4.78, 5) is 11.8. The number of carboxylic acid groups (broad SMARTS) is 1. The third kappa shape index (κ3) is 11.9. The van der Waals surface area contributed by atoms with Crippen LogP contribution < -0.4 is 0 Å². The number of unbranched alkanes of at least 4 members (excludes halogenated alkanes) is 4. The Bertz CT molecular complexity index is 298. The Balaban J connectivity index is 4.24. The quantitative estimate of drug-likeness (QED) is 0.299. The summed E-state index contributed by atoms with van der Waals surface area (Å²) in [6.07, 6.45) is 14.4. The molecule has 144 valence electrons. The van der Waals surface area contributed by atoms with Crippen molar-refractivity contribution in [1.29, 1.82) is 0 Å². The molecule has 0 aliphatic carbocycles. The fraction of sp³-hybridized carbons (Fsp3) is 0.955. The molecule has 0 aromatic heterocycles. The Morgan fingerprint density at radius 3 is 1.92 bits per heavy atom. The van der Waals surface area contributed by atoms with Crippen LogP contribution in [0.25, 0.3) is 0 Å². The van der Waals surface area contributed by atoms with Gasteiger partial charge < -0.3 is 5.11 Å². The lowest BCUT2D eigenvalue weighted by Crippen LogP contribution is -2.25. The first-order valence-corrected chi connectivity index (χ1v) is 10.6. The van der Waals surface area contributed by atoms with Crippen LogP contribution in [0.3, 0.4) is 0 Å². The predicted octanol–water partition coefficient (Wildman–Crippen LogP) is 7.32. The minimum absolute atomic E-state index is 0.144. The highest BCUT2D eigenvalue weighted by molar-refractivity contribution is 5.70. The van der Waals surface area contributed by atoms with Gasteiger partial charge in [0.25, 0.3) is 0 Å². The van der Waals surface area contributed by atoms with Crippen LogP contribution in [0.1, 0.15) is 112 Å². The van der Waals surface area contributed by atoms with E-state index in [1.54, 1.807) is 0 Å². The van der Waals surface area contributed by atoms with Gasteiger partial charge in [-0.05, 0) is 30.6 Å². The number of rotatable bonds is 16. The summed E-state index contributed by atoms with van der Waals surface area (Å²) >= 11 is 0. The summed E-state index contributed by atoms with van der Waals surface area (Å²) in [6.45, 7) is 11.2. The van der Waals surface area contributed by atoms with Crippen LogP contribution in [0, 0.1) is 23.7 Å². The van der Waals surface area contributed by atoms with E-state index in [0.717, 1.165) is 18.8 Å². The topological polar surface area (TPSA) is 37.3 Å². The van der Waals surface area contributed by atoms with Crippen molar-refractivity contribution in [1.82, 2.24) is 0 Å². The Kier molecular flexibility index (Phi) is 14.5. The minimum atomic E-state index is -0.570. The fourth-order valence-corrected chi connectivity index (χ4v) is 3.79. The molecule has 0 bridgehead atoms. The highest BCUT2D eigenvalue weighted by Gasteiger charge is 2.27. The molecule has 1 N–H and O–H groups in total. The molecule has 0 spiro atoms. The molecule has 2 nitrogen and oxygen atoms in total. The summed E-state index contributed by atoms with van der Waals surface area (Å²) in [7, 11) is 0. The molecule has 3 atom stereocenters. The summed E-state index contributed by atoms with van der Waals surface area (Å²) in [5.41, 5.74) is 0. The normalized spacial score (nSPS) is 15.4. The molecular formula is C22H44O2. The van der Waals surface area contributed by atoms with Crippen LogP contribution in [0.2, 0.25) is 0 Å². The van der Waals surface area contributed by atoms with Crippen molar-refractivity contribution < 1.29 is 9.90 Å². The van der Waals surface area contributed by atoms with E-state index in [4.69, 9.17) is 0 Å². The summed E-state index contributed by atoms with van der Waals surface area (Å²) < 4.78 is 0. The summed E-state index contributed by atoms with van der Waals surface area (Å²) in [5, 5.41) is 9.69. The average molecular weight is 341 g/mol. The molecule has 0 saturated heterocycles. The molecule has 2 heteroatoms. The lowest BCUT2D eigenvalue weighted by atomic mass is 9.80. The first kappa shape index (κ1) is 23.5. The minimum Gasteiger partial charge on any atom is -0.481 e. The molecular weight excluding hydrogens is 296 g/mol. The van der Waals surface area contributed by atoms with Crippen LogP contribution in [0.15, 0.2) is 0 Å². The first-order valence-electron chi connectivity index (χ1n) is 10.6. The zero-order chi connectivity index (χ0) is 18.4. The maximum Gasteiger partial charge on any atom is 0.306 e. The highest BCUT2D eigenvalue weighted by Crippen LogP contribution is 2.30. The molecule has 0 amide bonds. The van der Waals surface area contributed by atoms with Gasteiger partial charge in [-0.15, -0.1) is 0 Å². The van der Waals surface area contributed by atoms with Gasteiger partial charge in [-0.2, -0.15) is 0 Å². The van der Waals surface area contributed by atoms with Crippen LogP contribution >= 0.6 is 0 Å². The number of hydrogen-bond acceptors (Lipinski definition) is 1. The predicted molar refractivity (Wildman–Crippen MR) is 105 cm³/mol. The monoisotopic (exact) mass is 340 g/mol. The van der Waals surface area contributed by atoms with Gasteiger partial charge in [0, 0.05) is 0 Å². The Morgan fingerprint density at radius 2 is 1.42 bits per heavy atom. The summed E-state index contributed by atoms with van der Waals surface area (Å²) in [6, 6.07) is 0. The van der Waals surface area contributed by atoms with Gasteiger partial charge in [-0.3, -0.25) is 4.79 Å². The standard InChI is InChI=1S/C22H44O2/c1-6-8-16-20(13-7-2)17-21(22(23)24)19(5)15-12-10-9-11-14-18(3)4/h18-21H,6-17H2,1-5H3,(H,23,24). The molecule has 0 fully saturated rings. The third-order valence-corrected chi connectivity index (χ3v) is 5.45. The van der Waals surface area contributed by atoms with E-state index in [1.165, 1.54) is 64.2 Å². The van der Waals surface area contributed by atoms with Crippen LogP contribution in [0.4, 0.5) is 0 Å². The van der Waals surface area contributed by atoms with Crippen LogP contribution in [-0.4, -0.2) is 11.1 Å². The third-order valence-electron chi connectivity index (χ3n) is 5.45. The van der Waals surface area contributed by atoms with Crippen molar-refractivity contribution in [2.45, 2.75) is 112 Å². The van der Waals surface area contributed by atoms with Gasteiger partial charge in [0.15, 0.2) is 0 Å². The molecule has 24 heavy (non-hydrogen) atoms. The lowest BCUT2D eigenvalue weighted by molar-refractivity contribution is -0.144. The largest absolute Gasteiger partial charge is 0.481 e. The molecule has 0 aromatic carbocycles. The molecule has 0 aliphatic rings. The van der Waals surface area contributed by atoms with Crippen LogP contribution in [-0.2, 0) is 4.79 Å². The zero-order valence-electron chi connectivity index (χ0n) is 17.2. The second-order valence-corrected chi connectivity index (χ2v) is 8.34. The molecule has 3 unspecified atom stereocenters. The Morgan fingerprint density at radius 1 is 0.792 bits per heavy atom. The van der Waals surface area contributed by atoms with Crippen molar-refractivity contribution in [3.05, 3.63) is 0 Å². The first-order chi connectivity index (χ1) is 11.4. The van der Waals surface area contributed by atoms with Gasteiger partial charge in [0.05, 0.1) is 5.92 Å². The lowest BCUT2D eigenvalue weighted by Gasteiger charge is -2.25. The van der Waals surface area contributed by atoms with E-state index >= 15 is 0 Å². The molecule has 0 aromatic rings. The molecule has 0 rings (SSSR count). The Hall–Kier alpha value is -0.530. The van der Waals surface area contributed by atoms with Gasteiger partial charge in [-0.25, -0.2) is 0 Å².